The lowest BCUT2D eigenvalue weighted by molar-refractivity contribution is 0.377. The third-order valence-electron chi connectivity index (χ3n) is 2.11. The zero-order valence-electron chi connectivity index (χ0n) is 9.67. The standard InChI is InChI=1S/C11H16ClNO3/c1-14-8-6-9(15-2)11(13-5-4-12)10(7-8)16-3/h6-7,13H,4-5H2,1-3H3. The van der Waals surface area contributed by atoms with Crippen molar-refractivity contribution in [1.29, 1.82) is 0 Å². The molecule has 16 heavy (non-hydrogen) atoms. The summed E-state index contributed by atoms with van der Waals surface area (Å²) in [6.45, 7) is 0.639. The monoisotopic (exact) mass is 245 g/mol. The average molecular weight is 246 g/mol. The van der Waals surface area contributed by atoms with Gasteiger partial charge in [-0.2, -0.15) is 0 Å². The number of alkyl halides is 1. The average Bonchev–Trinajstić information content (AvgIpc) is 2.35. The fourth-order valence-electron chi connectivity index (χ4n) is 1.35. The minimum Gasteiger partial charge on any atom is -0.496 e. The molecule has 0 saturated carbocycles. The molecule has 0 spiro atoms. The lowest BCUT2D eigenvalue weighted by Gasteiger charge is -2.15. The zero-order valence-corrected chi connectivity index (χ0v) is 10.4. The highest BCUT2D eigenvalue weighted by Crippen LogP contribution is 2.38. The zero-order chi connectivity index (χ0) is 12.0. The molecule has 0 radical (unpaired) electrons. The van der Waals surface area contributed by atoms with Crippen molar-refractivity contribution in [2.75, 3.05) is 39.1 Å². The molecule has 0 amide bonds. The van der Waals surface area contributed by atoms with Crippen LogP contribution in [0.3, 0.4) is 0 Å². The van der Waals surface area contributed by atoms with Crippen molar-refractivity contribution in [2.45, 2.75) is 0 Å². The van der Waals surface area contributed by atoms with Gasteiger partial charge in [0, 0.05) is 24.6 Å². The molecule has 1 aromatic carbocycles. The van der Waals surface area contributed by atoms with Crippen LogP contribution in [0.25, 0.3) is 0 Å². The quantitative estimate of drug-likeness (QED) is 0.781. The fraction of sp³-hybridized carbons (Fsp3) is 0.455. The smallest absolute Gasteiger partial charge is 0.149 e. The van der Waals surface area contributed by atoms with Crippen molar-refractivity contribution in [2.24, 2.45) is 0 Å². The summed E-state index contributed by atoms with van der Waals surface area (Å²) in [6, 6.07) is 3.58. The van der Waals surface area contributed by atoms with Gasteiger partial charge in [-0.3, -0.25) is 0 Å². The van der Waals surface area contributed by atoms with E-state index in [-0.39, 0.29) is 0 Å². The van der Waals surface area contributed by atoms with E-state index < -0.39 is 0 Å². The van der Waals surface area contributed by atoms with Gasteiger partial charge in [0.05, 0.1) is 21.3 Å². The molecule has 0 bridgehead atoms. The molecular formula is C11H16ClNO3. The Morgan fingerprint density at radius 1 is 1.06 bits per heavy atom. The Morgan fingerprint density at radius 2 is 1.62 bits per heavy atom. The SMILES string of the molecule is COc1cc(OC)c(NCCCl)c(OC)c1. The molecule has 1 rings (SSSR count). The topological polar surface area (TPSA) is 39.7 Å². The van der Waals surface area contributed by atoms with Crippen molar-refractivity contribution in [3.63, 3.8) is 0 Å². The largest absolute Gasteiger partial charge is 0.496 e. The summed E-state index contributed by atoms with van der Waals surface area (Å²) >= 11 is 5.63. The molecular weight excluding hydrogens is 230 g/mol. The second-order valence-electron chi connectivity index (χ2n) is 3.02. The van der Waals surface area contributed by atoms with Crippen LogP contribution in [0.4, 0.5) is 5.69 Å². The first-order chi connectivity index (χ1) is 7.76. The molecule has 1 aromatic rings. The number of anilines is 1. The van der Waals surface area contributed by atoms with Crippen LogP contribution in [-0.4, -0.2) is 33.8 Å². The van der Waals surface area contributed by atoms with E-state index >= 15 is 0 Å². The van der Waals surface area contributed by atoms with Gasteiger partial charge < -0.3 is 19.5 Å². The number of rotatable bonds is 6. The van der Waals surface area contributed by atoms with Gasteiger partial charge in [0.25, 0.3) is 0 Å². The van der Waals surface area contributed by atoms with Crippen LogP contribution in [0.1, 0.15) is 0 Å². The molecule has 4 nitrogen and oxygen atoms in total. The number of ether oxygens (including phenoxy) is 3. The molecule has 90 valence electrons. The summed E-state index contributed by atoms with van der Waals surface area (Å²) in [5.74, 6) is 2.53. The van der Waals surface area contributed by atoms with Crippen LogP contribution in [0.5, 0.6) is 17.2 Å². The molecule has 0 aliphatic rings. The third kappa shape index (κ3) is 2.85. The number of nitrogens with one attached hydrogen (secondary N) is 1. The number of methoxy groups -OCH3 is 3. The summed E-state index contributed by atoms with van der Waals surface area (Å²) in [4.78, 5) is 0. The van der Waals surface area contributed by atoms with E-state index in [1.54, 1.807) is 33.5 Å². The van der Waals surface area contributed by atoms with E-state index in [0.29, 0.717) is 29.7 Å². The van der Waals surface area contributed by atoms with Gasteiger partial charge in [-0.1, -0.05) is 0 Å². The first-order valence-electron chi connectivity index (χ1n) is 4.86. The van der Waals surface area contributed by atoms with E-state index in [1.807, 2.05) is 0 Å². The molecule has 1 N–H and O–H groups in total. The molecule has 0 aromatic heterocycles. The van der Waals surface area contributed by atoms with Crippen LogP contribution in [0, 0.1) is 0 Å². The maximum absolute atomic E-state index is 5.63. The second-order valence-corrected chi connectivity index (χ2v) is 3.40. The lowest BCUT2D eigenvalue weighted by Crippen LogP contribution is -2.06. The van der Waals surface area contributed by atoms with Crippen molar-refractivity contribution in [3.8, 4) is 17.2 Å². The van der Waals surface area contributed by atoms with Gasteiger partial charge in [-0.05, 0) is 0 Å². The van der Waals surface area contributed by atoms with Gasteiger partial charge in [-0.25, -0.2) is 0 Å². The highest BCUT2D eigenvalue weighted by molar-refractivity contribution is 6.18. The van der Waals surface area contributed by atoms with E-state index in [1.165, 1.54) is 0 Å². The van der Waals surface area contributed by atoms with E-state index in [9.17, 15) is 0 Å². The number of halogens is 1. The minimum atomic E-state index is 0.512. The van der Waals surface area contributed by atoms with Crippen LogP contribution < -0.4 is 19.5 Å². The Bertz CT molecular complexity index is 319. The Balaban J connectivity index is 3.09. The Morgan fingerprint density at radius 3 is 2.00 bits per heavy atom. The Hall–Kier alpha value is -1.29. The van der Waals surface area contributed by atoms with Crippen LogP contribution in [0.2, 0.25) is 0 Å². The Kier molecular flexibility index (Phi) is 5.05. The van der Waals surface area contributed by atoms with E-state index in [0.717, 1.165) is 5.69 Å². The van der Waals surface area contributed by atoms with Crippen LogP contribution >= 0.6 is 11.6 Å². The highest BCUT2D eigenvalue weighted by atomic mass is 35.5. The predicted octanol–water partition coefficient (Wildman–Crippen LogP) is 2.36. The first-order valence-corrected chi connectivity index (χ1v) is 5.40. The maximum Gasteiger partial charge on any atom is 0.149 e. The van der Waals surface area contributed by atoms with Gasteiger partial charge >= 0.3 is 0 Å². The van der Waals surface area contributed by atoms with Crippen molar-refractivity contribution in [3.05, 3.63) is 12.1 Å². The van der Waals surface area contributed by atoms with Crippen molar-refractivity contribution >= 4 is 17.3 Å². The molecule has 0 heterocycles. The lowest BCUT2D eigenvalue weighted by atomic mass is 10.2. The second kappa shape index (κ2) is 6.33. The summed E-state index contributed by atoms with van der Waals surface area (Å²) in [6.07, 6.45) is 0. The van der Waals surface area contributed by atoms with Crippen LogP contribution in [0.15, 0.2) is 12.1 Å². The van der Waals surface area contributed by atoms with Gasteiger partial charge in [0.1, 0.15) is 22.9 Å². The Labute approximate surface area is 100 Å². The number of hydrogen-bond donors (Lipinski definition) is 1. The highest BCUT2D eigenvalue weighted by Gasteiger charge is 2.12. The van der Waals surface area contributed by atoms with Gasteiger partial charge in [0.15, 0.2) is 0 Å². The van der Waals surface area contributed by atoms with Gasteiger partial charge in [0.2, 0.25) is 0 Å². The molecule has 0 aliphatic carbocycles. The molecule has 0 unspecified atom stereocenters. The summed E-state index contributed by atoms with van der Waals surface area (Å²) < 4.78 is 15.7. The van der Waals surface area contributed by atoms with E-state index in [2.05, 4.69) is 5.32 Å². The van der Waals surface area contributed by atoms with E-state index in [4.69, 9.17) is 25.8 Å². The molecule has 5 heteroatoms. The molecule has 0 atom stereocenters. The number of hydrogen-bond acceptors (Lipinski definition) is 4. The van der Waals surface area contributed by atoms with Crippen molar-refractivity contribution in [1.82, 2.24) is 0 Å². The summed E-state index contributed by atoms with van der Waals surface area (Å²) in [5, 5.41) is 3.15. The third-order valence-corrected chi connectivity index (χ3v) is 2.30. The minimum absolute atomic E-state index is 0.512. The molecule has 0 fully saturated rings. The maximum atomic E-state index is 5.63. The summed E-state index contributed by atoms with van der Waals surface area (Å²) in [7, 11) is 4.79. The normalized spacial score (nSPS) is 9.75. The predicted molar refractivity (Wildman–Crippen MR) is 65.3 cm³/mol. The first kappa shape index (κ1) is 12.8. The molecule has 0 saturated heterocycles. The van der Waals surface area contributed by atoms with Gasteiger partial charge in [-0.15, -0.1) is 11.6 Å². The fourth-order valence-corrected chi connectivity index (χ4v) is 1.45. The van der Waals surface area contributed by atoms with Crippen LogP contribution in [-0.2, 0) is 0 Å². The number of benzene rings is 1. The van der Waals surface area contributed by atoms with Crippen molar-refractivity contribution < 1.29 is 14.2 Å². The summed E-state index contributed by atoms with van der Waals surface area (Å²) in [5.41, 5.74) is 0.784. The molecule has 0 aliphatic heterocycles.